The van der Waals surface area contributed by atoms with E-state index in [1.54, 1.807) is 0 Å². The van der Waals surface area contributed by atoms with Gasteiger partial charge >= 0.3 is 0 Å². The molecule has 1 aliphatic carbocycles. The lowest BCUT2D eigenvalue weighted by atomic mass is 9.83. The van der Waals surface area contributed by atoms with Gasteiger partial charge in [-0.15, -0.1) is 0 Å². The van der Waals surface area contributed by atoms with Gasteiger partial charge in [-0.3, -0.25) is 14.4 Å². The molecule has 0 saturated heterocycles. The minimum Gasteiger partial charge on any atom is -0.348 e. The molecule has 172 valence electrons. The first-order valence-electron chi connectivity index (χ1n) is 11.1. The van der Waals surface area contributed by atoms with E-state index in [1.807, 2.05) is 32.8 Å². The van der Waals surface area contributed by atoms with E-state index in [0.29, 0.717) is 36.9 Å². The summed E-state index contributed by atoms with van der Waals surface area (Å²) in [5.74, 6) is -1.03. The predicted molar refractivity (Wildman–Crippen MR) is 119 cm³/mol. The monoisotopic (exact) mass is 433 g/mol. The highest BCUT2D eigenvalue weighted by Crippen LogP contribution is 2.26. The maximum absolute atomic E-state index is 13.7. The van der Waals surface area contributed by atoms with Crippen molar-refractivity contribution < 1.29 is 18.8 Å². The van der Waals surface area contributed by atoms with Crippen LogP contribution in [-0.4, -0.2) is 48.7 Å². The van der Waals surface area contributed by atoms with Gasteiger partial charge in [0.1, 0.15) is 5.82 Å². The summed E-state index contributed by atoms with van der Waals surface area (Å²) in [4.78, 5) is 39.9. The molecule has 0 bridgehead atoms. The lowest BCUT2D eigenvalue weighted by Crippen LogP contribution is -2.51. The van der Waals surface area contributed by atoms with Crippen LogP contribution in [0.2, 0.25) is 0 Å². The Morgan fingerprint density at radius 2 is 1.84 bits per heavy atom. The van der Waals surface area contributed by atoms with E-state index in [4.69, 9.17) is 0 Å². The lowest BCUT2D eigenvalue weighted by molar-refractivity contribution is -0.131. The predicted octanol–water partition coefficient (Wildman–Crippen LogP) is 3.30. The normalized spacial score (nSPS) is 19.9. The molecule has 1 saturated carbocycles. The molecule has 1 unspecified atom stereocenters. The van der Waals surface area contributed by atoms with Crippen molar-refractivity contribution in [3.8, 4) is 0 Å². The summed E-state index contributed by atoms with van der Waals surface area (Å²) in [5, 5.41) is 5.93. The highest BCUT2D eigenvalue weighted by Gasteiger charge is 2.34. The summed E-state index contributed by atoms with van der Waals surface area (Å²) in [6, 6.07) is 3.33. The third kappa shape index (κ3) is 7.42. The molecule has 0 radical (unpaired) electrons. The van der Waals surface area contributed by atoms with Crippen LogP contribution < -0.4 is 10.6 Å². The number of rotatable bonds is 9. The Balaban J connectivity index is 2.15. The van der Waals surface area contributed by atoms with E-state index in [1.165, 1.54) is 25.1 Å². The van der Waals surface area contributed by atoms with E-state index in [0.717, 1.165) is 12.8 Å². The smallest absolute Gasteiger partial charge is 0.251 e. The van der Waals surface area contributed by atoms with E-state index in [9.17, 15) is 18.8 Å². The molecule has 6 nitrogen and oxygen atoms in total. The van der Waals surface area contributed by atoms with Crippen molar-refractivity contribution in [3.63, 3.8) is 0 Å². The zero-order valence-corrected chi connectivity index (χ0v) is 19.3. The van der Waals surface area contributed by atoms with E-state index in [-0.39, 0.29) is 41.3 Å². The molecule has 2 rings (SSSR count). The van der Waals surface area contributed by atoms with Gasteiger partial charge in [-0.25, -0.2) is 4.39 Å². The highest BCUT2D eigenvalue weighted by atomic mass is 19.1. The van der Waals surface area contributed by atoms with Crippen molar-refractivity contribution in [3.05, 3.63) is 35.1 Å². The van der Waals surface area contributed by atoms with Crippen LogP contribution in [0.25, 0.3) is 0 Å². The van der Waals surface area contributed by atoms with Gasteiger partial charge < -0.3 is 15.5 Å². The van der Waals surface area contributed by atoms with Gasteiger partial charge in [-0.05, 0) is 70.0 Å². The molecule has 1 aliphatic rings. The fourth-order valence-corrected chi connectivity index (χ4v) is 4.20. The first kappa shape index (κ1) is 25.0. The standard InChI is InChI=1S/C24H36FN3O3/c1-15(2)12-22(16(3)29)27-24(31)20-8-6-7-9-21(20)26-23(30)19-11-10-18(25)13-17(19)14-28(4)5/h10-11,13,15,20-22H,6-9,12,14H2,1-5H3,(H,26,30)(H,27,31)/t20-,21+,22?/m1/s1. The van der Waals surface area contributed by atoms with Crippen LogP contribution >= 0.6 is 0 Å². The molecule has 1 aromatic carbocycles. The van der Waals surface area contributed by atoms with Crippen molar-refractivity contribution in [2.75, 3.05) is 14.1 Å². The number of ketones is 1. The number of carbonyl (C=O) groups is 3. The zero-order chi connectivity index (χ0) is 23.1. The van der Waals surface area contributed by atoms with Crippen molar-refractivity contribution in [2.45, 2.75) is 71.5 Å². The van der Waals surface area contributed by atoms with Gasteiger partial charge in [0.05, 0.1) is 12.0 Å². The van der Waals surface area contributed by atoms with Crippen molar-refractivity contribution in [1.29, 1.82) is 0 Å². The first-order chi connectivity index (χ1) is 14.6. The number of amides is 2. The third-order valence-electron chi connectivity index (χ3n) is 5.73. The number of benzene rings is 1. The number of carbonyl (C=O) groups excluding carboxylic acids is 3. The fraction of sp³-hybridized carbons (Fsp3) is 0.625. The maximum Gasteiger partial charge on any atom is 0.251 e. The van der Waals surface area contributed by atoms with E-state index < -0.39 is 6.04 Å². The minimum atomic E-state index is -0.505. The second-order valence-corrected chi connectivity index (χ2v) is 9.31. The zero-order valence-electron chi connectivity index (χ0n) is 19.3. The largest absolute Gasteiger partial charge is 0.348 e. The van der Waals surface area contributed by atoms with Crippen LogP contribution in [0.3, 0.4) is 0 Å². The van der Waals surface area contributed by atoms with E-state index >= 15 is 0 Å². The Labute approximate surface area is 185 Å². The Bertz CT molecular complexity index is 794. The number of hydrogen-bond donors (Lipinski definition) is 2. The highest BCUT2D eigenvalue weighted by molar-refractivity contribution is 5.96. The molecular formula is C24H36FN3O3. The molecular weight excluding hydrogens is 397 g/mol. The van der Waals surface area contributed by atoms with Gasteiger partial charge in [-0.2, -0.15) is 0 Å². The van der Waals surface area contributed by atoms with Crippen molar-refractivity contribution in [1.82, 2.24) is 15.5 Å². The number of halogens is 1. The second-order valence-electron chi connectivity index (χ2n) is 9.31. The lowest BCUT2D eigenvalue weighted by Gasteiger charge is -2.32. The van der Waals surface area contributed by atoms with E-state index in [2.05, 4.69) is 10.6 Å². The summed E-state index contributed by atoms with van der Waals surface area (Å²) < 4.78 is 13.7. The SMILES string of the molecule is CC(=O)C(CC(C)C)NC(=O)[C@@H]1CCCC[C@@H]1NC(=O)c1ccc(F)cc1CN(C)C. The van der Waals surface area contributed by atoms with Gasteiger partial charge in [0.2, 0.25) is 5.91 Å². The maximum atomic E-state index is 13.7. The molecule has 1 aromatic rings. The topological polar surface area (TPSA) is 78.5 Å². The average Bonchev–Trinajstić information content (AvgIpc) is 2.66. The number of hydrogen-bond acceptors (Lipinski definition) is 4. The molecule has 31 heavy (non-hydrogen) atoms. The van der Waals surface area contributed by atoms with Gasteiger partial charge in [0, 0.05) is 18.2 Å². The molecule has 7 heteroatoms. The summed E-state index contributed by atoms with van der Waals surface area (Å²) >= 11 is 0. The third-order valence-corrected chi connectivity index (χ3v) is 5.73. The molecule has 2 N–H and O–H groups in total. The summed E-state index contributed by atoms with van der Waals surface area (Å²) in [6.07, 6.45) is 3.78. The van der Waals surface area contributed by atoms with Crippen LogP contribution in [0.1, 0.15) is 68.8 Å². The number of Topliss-reactive ketones (excluding diaryl/α,β-unsaturated/α-hetero) is 1. The van der Waals surface area contributed by atoms with Crippen LogP contribution in [0, 0.1) is 17.7 Å². The van der Waals surface area contributed by atoms with Gasteiger partial charge in [-0.1, -0.05) is 26.7 Å². The molecule has 0 heterocycles. The minimum absolute atomic E-state index is 0.0573. The second kappa shape index (κ2) is 11.4. The van der Waals surface area contributed by atoms with Crippen molar-refractivity contribution in [2.24, 2.45) is 11.8 Å². The average molecular weight is 434 g/mol. The Morgan fingerprint density at radius 3 is 2.45 bits per heavy atom. The number of nitrogens with zero attached hydrogens (tertiary/aromatic N) is 1. The molecule has 0 spiro atoms. The van der Waals surface area contributed by atoms with Crippen LogP contribution in [0.5, 0.6) is 0 Å². The number of nitrogens with one attached hydrogen (secondary N) is 2. The van der Waals surface area contributed by atoms with Crippen LogP contribution in [-0.2, 0) is 16.1 Å². The quantitative estimate of drug-likeness (QED) is 0.626. The van der Waals surface area contributed by atoms with Gasteiger partial charge in [0.15, 0.2) is 5.78 Å². The summed E-state index contributed by atoms with van der Waals surface area (Å²) in [7, 11) is 3.72. The first-order valence-corrected chi connectivity index (χ1v) is 11.1. The molecule has 0 aromatic heterocycles. The Hall–Kier alpha value is -2.28. The molecule has 3 atom stereocenters. The van der Waals surface area contributed by atoms with Crippen LogP contribution in [0.15, 0.2) is 18.2 Å². The van der Waals surface area contributed by atoms with Crippen molar-refractivity contribution >= 4 is 17.6 Å². The Kier molecular flexibility index (Phi) is 9.16. The molecule has 2 amide bonds. The molecule has 0 aliphatic heterocycles. The fourth-order valence-electron chi connectivity index (χ4n) is 4.20. The summed E-state index contributed by atoms with van der Waals surface area (Å²) in [6.45, 7) is 5.96. The van der Waals surface area contributed by atoms with Gasteiger partial charge in [0.25, 0.3) is 5.91 Å². The molecule has 1 fully saturated rings. The Morgan fingerprint density at radius 1 is 1.16 bits per heavy atom. The summed E-state index contributed by atoms with van der Waals surface area (Å²) in [5.41, 5.74) is 1.02. The van der Waals surface area contributed by atoms with Crippen LogP contribution in [0.4, 0.5) is 4.39 Å².